The molecule has 2 aromatic carbocycles. The summed E-state index contributed by atoms with van der Waals surface area (Å²) in [4.78, 5) is 29.9. The lowest BCUT2D eigenvalue weighted by Gasteiger charge is -2.06. The number of carbonyl (C=O) groups is 1. The molecule has 5 aromatic rings. The van der Waals surface area contributed by atoms with Crippen LogP contribution in [0.15, 0.2) is 76.2 Å². The SMILES string of the molecule is COc1cccc(NC(=O)Cn2nc3c(-c4nc(-c5ccc(C)cc5)no4)cccn3c2=O)c1. The predicted molar refractivity (Wildman–Crippen MR) is 125 cm³/mol. The Morgan fingerprint density at radius 3 is 2.74 bits per heavy atom. The zero-order chi connectivity index (χ0) is 23.7. The molecule has 34 heavy (non-hydrogen) atoms. The number of anilines is 1. The minimum absolute atomic E-state index is 0.221. The van der Waals surface area contributed by atoms with E-state index >= 15 is 0 Å². The standard InChI is InChI=1S/C24H20N6O4/c1-15-8-10-16(11-9-15)21-26-23(34-28-21)19-7-4-12-29-22(19)27-30(24(29)32)14-20(31)25-17-5-3-6-18(13-17)33-2/h3-13H,14H2,1-2H3,(H,25,31). The minimum atomic E-state index is -0.462. The minimum Gasteiger partial charge on any atom is -0.497 e. The molecular weight excluding hydrogens is 436 g/mol. The Labute approximate surface area is 193 Å². The molecule has 0 aliphatic heterocycles. The van der Waals surface area contributed by atoms with E-state index in [1.165, 1.54) is 4.40 Å². The molecule has 0 spiro atoms. The molecule has 3 aromatic heterocycles. The molecule has 0 aliphatic rings. The summed E-state index contributed by atoms with van der Waals surface area (Å²) in [6, 6.07) is 18.1. The summed E-state index contributed by atoms with van der Waals surface area (Å²) >= 11 is 0. The maximum atomic E-state index is 12.9. The highest BCUT2D eigenvalue weighted by Gasteiger charge is 2.18. The van der Waals surface area contributed by atoms with Crippen molar-refractivity contribution in [3.8, 4) is 28.6 Å². The number of carbonyl (C=O) groups excluding carboxylic acids is 1. The predicted octanol–water partition coefficient (Wildman–Crippen LogP) is 3.17. The number of rotatable bonds is 6. The van der Waals surface area contributed by atoms with Crippen LogP contribution in [-0.2, 0) is 11.3 Å². The van der Waals surface area contributed by atoms with E-state index in [9.17, 15) is 9.59 Å². The van der Waals surface area contributed by atoms with Gasteiger partial charge in [-0.25, -0.2) is 13.9 Å². The molecule has 5 rings (SSSR count). The number of aromatic nitrogens is 5. The fraction of sp³-hybridized carbons (Fsp3) is 0.125. The van der Waals surface area contributed by atoms with Crippen molar-refractivity contribution in [2.75, 3.05) is 12.4 Å². The van der Waals surface area contributed by atoms with Crippen LogP contribution in [-0.4, -0.2) is 37.3 Å². The average molecular weight is 456 g/mol. The lowest BCUT2D eigenvalue weighted by atomic mass is 10.1. The molecule has 1 N–H and O–H groups in total. The quantitative estimate of drug-likeness (QED) is 0.417. The van der Waals surface area contributed by atoms with Gasteiger partial charge in [-0.3, -0.25) is 4.79 Å². The molecule has 0 aliphatic carbocycles. The van der Waals surface area contributed by atoms with Crippen molar-refractivity contribution in [2.24, 2.45) is 0 Å². The van der Waals surface area contributed by atoms with Gasteiger partial charge in [0.1, 0.15) is 12.3 Å². The molecule has 0 atom stereocenters. The molecule has 0 saturated carbocycles. The third kappa shape index (κ3) is 4.04. The van der Waals surface area contributed by atoms with Crippen LogP contribution in [0, 0.1) is 6.92 Å². The van der Waals surface area contributed by atoms with Gasteiger partial charge in [-0.1, -0.05) is 41.1 Å². The highest BCUT2D eigenvalue weighted by atomic mass is 16.5. The van der Waals surface area contributed by atoms with E-state index in [-0.39, 0.29) is 12.4 Å². The third-order valence-corrected chi connectivity index (χ3v) is 5.22. The molecule has 0 fully saturated rings. The van der Waals surface area contributed by atoms with Crippen molar-refractivity contribution in [3.05, 3.63) is 82.9 Å². The normalized spacial score (nSPS) is 11.0. The summed E-state index contributed by atoms with van der Waals surface area (Å²) in [5, 5.41) is 11.1. The van der Waals surface area contributed by atoms with Gasteiger partial charge in [-0.2, -0.15) is 4.98 Å². The van der Waals surface area contributed by atoms with E-state index < -0.39 is 11.6 Å². The molecule has 0 bridgehead atoms. The van der Waals surface area contributed by atoms with Gasteiger partial charge in [-0.05, 0) is 31.2 Å². The largest absolute Gasteiger partial charge is 0.497 e. The Morgan fingerprint density at radius 2 is 1.94 bits per heavy atom. The molecular formula is C24H20N6O4. The first-order valence-electron chi connectivity index (χ1n) is 10.4. The number of methoxy groups -OCH3 is 1. The number of ether oxygens (including phenoxy) is 1. The zero-order valence-corrected chi connectivity index (χ0v) is 18.4. The summed E-state index contributed by atoms with van der Waals surface area (Å²) in [6.07, 6.45) is 1.57. The number of hydrogen-bond donors (Lipinski definition) is 1. The summed E-state index contributed by atoms with van der Waals surface area (Å²) in [5.74, 6) is 0.854. The van der Waals surface area contributed by atoms with Crippen LogP contribution in [0.4, 0.5) is 5.69 Å². The Kier molecular flexibility index (Phi) is 5.38. The van der Waals surface area contributed by atoms with Crippen LogP contribution in [0.3, 0.4) is 0 Å². The molecule has 170 valence electrons. The zero-order valence-electron chi connectivity index (χ0n) is 18.4. The van der Waals surface area contributed by atoms with Crippen LogP contribution in [0.5, 0.6) is 5.75 Å². The van der Waals surface area contributed by atoms with Crippen molar-refractivity contribution in [1.29, 1.82) is 0 Å². The van der Waals surface area contributed by atoms with Crippen LogP contribution >= 0.6 is 0 Å². The number of fused-ring (bicyclic) bond motifs is 1. The topological polar surface area (TPSA) is 117 Å². The van der Waals surface area contributed by atoms with Gasteiger partial charge in [0, 0.05) is 23.5 Å². The van der Waals surface area contributed by atoms with Crippen LogP contribution in [0.2, 0.25) is 0 Å². The smallest absolute Gasteiger partial charge is 0.350 e. The van der Waals surface area contributed by atoms with E-state index in [1.54, 1.807) is 49.7 Å². The lowest BCUT2D eigenvalue weighted by Crippen LogP contribution is -2.28. The first-order valence-corrected chi connectivity index (χ1v) is 10.4. The Balaban J connectivity index is 1.43. The number of nitrogens with one attached hydrogen (secondary N) is 1. The molecule has 10 nitrogen and oxygen atoms in total. The van der Waals surface area contributed by atoms with E-state index in [0.717, 1.165) is 15.8 Å². The molecule has 0 radical (unpaired) electrons. The summed E-state index contributed by atoms with van der Waals surface area (Å²) in [6.45, 7) is 1.73. The van der Waals surface area contributed by atoms with E-state index in [1.807, 2.05) is 31.2 Å². The molecule has 1 amide bonds. The fourth-order valence-corrected chi connectivity index (χ4v) is 3.50. The molecule has 0 saturated heterocycles. The first-order chi connectivity index (χ1) is 16.5. The summed E-state index contributed by atoms with van der Waals surface area (Å²) < 4.78 is 13.0. The number of hydrogen-bond acceptors (Lipinski definition) is 7. The Morgan fingerprint density at radius 1 is 1.12 bits per heavy atom. The second kappa shape index (κ2) is 8.66. The van der Waals surface area contributed by atoms with Gasteiger partial charge >= 0.3 is 5.69 Å². The van der Waals surface area contributed by atoms with Gasteiger partial charge in [-0.15, -0.1) is 5.10 Å². The van der Waals surface area contributed by atoms with Gasteiger partial charge < -0.3 is 14.6 Å². The second-order valence-electron chi connectivity index (χ2n) is 7.62. The van der Waals surface area contributed by atoms with Crippen LogP contribution in [0.1, 0.15) is 5.56 Å². The molecule has 10 heteroatoms. The van der Waals surface area contributed by atoms with Crippen LogP contribution < -0.4 is 15.7 Å². The van der Waals surface area contributed by atoms with Crippen molar-refractivity contribution >= 4 is 17.2 Å². The van der Waals surface area contributed by atoms with E-state index in [2.05, 4.69) is 20.6 Å². The molecule has 0 unspecified atom stereocenters. The third-order valence-electron chi connectivity index (χ3n) is 5.22. The molecule has 3 heterocycles. The van der Waals surface area contributed by atoms with Gasteiger partial charge in [0.2, 0.25) is 11.7 Å². The maximum Gasteiger partial charge on any atom is 0.350 e. The fourth-order valence-electron chi connectivity index (χ4n) is 3.50. The van der Waals surface area contributed by atoms with Crippen LogP contribution in [0.25, 0.3) is 28.5 Å². The number of aryl methyl sites for hydroxylation is 1. The Bertz CT molecular complexity index is 1550. The monoisotopic (exact) mass is 456 g/mol. The average Bonchev–Trinajstić information content (AvgIpc) is 3.45. The lowest BCUT2D eigenvalue weighted by molar-refractivity contribution is -0.117. The number of pyridine rings is 1. The van der Waals surface area contributed by atoms with Gasteiger partial charge in [0.25, 0.3) is 5.89 Å². The Hall–Kier alpha value is -4.73. The number of amides is 1. The van der Waals surface area contributed by atoms with Gasteiger partial charge in [0.05, 0.1) is 12.7 Å². The van der Waals surface area contributed by atoms with E-state index in [0.29, 0.717) is 28.5 Å². The number of nitrogens with zero attached hydrogens (tertiary/aromatic N) is 5. The summed E-state index contributed by atoms with van der Waals surface area (Å²) in [7, 11) is 1.54. The number of benzene rings is 2. The van der Waals surface area contributed by atoms with E-state index in [4.69, 9.17) is 9.26 Å². The van der Waals surface area contributed by atoms with Gasteiger partial charge in [0.15, 0.2) is 5.65 Å². The van der Waals surface area contributed by atoms with Crippen molar-refractivity contribution in [3.63, 3.8) is 0 Å². The maximum absolute atomic E-state index is 12.9. The highest BCUT2D eigenvalue weighted by Crippen LogP contribution is 2.24. The van der Waals surface area contributed by atoms with Crippen molar-refractivity contribution in [1.82, 2.24) is 24.3 Å². The summed E-state index contributed by atoms with van der Waals surface area (Å²) in [5.41, 5.74) is 2.81. The highest BCUT2D eigenvalue weighted by molar-refractivity contribution is 5.90. The van der Waals surface area contributed by atoms with Crippen molar-refractivity contribution in [2.45, 2.75) is 13.5 Å². The second-order valence-corrected chi connectivity index (χ2v) is 7.62. The first kappa shape index (κ1) is 21.1. The van der Waals surface area contributed by atoms with Crippen molar-refractivity contribution < 1.29 is 14.1 Å².